The molecule has 0 saturated heterocycles. The van der Waals surface area contributed by atoms with Gasteiger partial charge in [-0.2, -0.15) is 0 Å². The molecule has 0 aliphatic carbocycles. The highest BCUT2D eigenvalue weighted by Crippen LogP contribution is 2.27. The van der Waals surface area contributed by atoms with E-state index in [4.69, 9.17) is 14.2 Å². The molecule has 1 atom stereocenters. The molecule has 7 heteroatoms. The maximum absolute atomic E-state index is 11.9. The van der Waals surface area contributed by atoms with Crippen molar-refractivity contribution in [3.05, 3.63) is 46.2 Å². The number of rotatable bonds is 8. The monoisotopic (exact) mass is 363 g/mol. The van der Waals surface area contributed by atoms with Crippen LogP contribution in [0.4, 0.5) is 0 Å². The van der Waals surface area contributed by atoms with Crippen LogP contribution < -0.4 is 14.8 Å². The molecule has 1 amide bonds. The minimum absolute atomic E-state index is 0.304. The van der Waals surface area contributed by atoms with Crippen molar-refractivity contribution in [1.82, 2.24) is 5.32 Å². The van der Waals surface area contributed by atoms with Crippen LogP contribution in [0.5, 0.6) is 11.5 Å². The van der Waals surface area contributed by atoms with Gasteiger partial charge in [0.15, 0.2) is 24.2 Å². The lowest BCUT2D eigenvalue weighted by Crippen LogP contribution is -2.36. The predicted octanol–water partition coefficient (Wildman–Crippen LogP) is 2.69. The molecule has 0 saturated carbocycles. The number of thiophene rings is 1. The Balaban J connectivity index is 1.78. The highest BCUT2D eigenvalue weighted by atomic mass is 32.1. The van der Waals surface area contributed by atoms with E-state index >= 15 is 0 Å². The second-order valence-corrected chi connectivity index (χ2v) is 6.40. The van der Waals surface area contributed by atoms with Crippen LogP contribution in [-0.2, 0) is 20.9 Å². The molecule has 1 aromatic carbocycles. The Morgan fingerprint density at radius 3 is 2.72 bits per heavy atom. The SMILES string of the molecule is COc1cc(C)ccc1OCC(=O)OC(C)C(=O)NCc1cccs1. The van der Waals surface area contributed by atoms with Crippen LogP contribution >= 0.6 is 11.3 Å². The molecule has 2 aromatic rings. The molecular formula is C18H21NO5S. The van der Waals surface area contributed by atoms with Gasteiger partial charge in [0.05, 0.1) is 13.7 Å². The summed E-state index contributed by atoms with van der Waals surface area (Å²) in [6.07, 6.45) is -0.893. The third-order valence-electron chi connectivity index (χ3n) is 3.36. The standard InChI is InChI=1S/C18H21NO5S/c1-12-6-7-15(16(9-12)22-3)23-11-17(20)24-13(2)18(21)19-10-14-5-4-8-25-14/h4-9,13H,10-11H2,1-3H3,(H,19,21). The first-order chi connectivity index (χ1) is 12.0. The summed E-state index contributed by atoms with van der Waals surface area (Å²) >= 11 is 1.55. The molecule has 0 radical (unpaired) electrons. The van der Waals surface area contributed by atoms with E-state index in [1.165, 1.54) is 14.0 Å². The molecule has 1 N–H and O–H groups in total. The van der Waals surface area contributed by atoms with Gasteiger partial charge in [-0.15, -0.1) is 11.3 Å². The molecule has 1 unspecified atom stereocenters. The van der Waals surface area contributed by atoms with E-state index in [1.807, 2.05) is 30.5 Å². The van der Waals surface area contributed by atoms with Crippen molar-refractivity contribution >= 4 is 23.2 Å². The molecule has 0 aliphatic rings. The Labute approximate surface area is 150 Å². The summed E-state index contributed by atoms with van der Waals surface area (Å²) in [5, 5.41) is 4.65. The Bertz CT molecular complexity index is 714. The lowest BCUT2D eigenvalue weighted by atomic mass is 10.2. The number of benzene rings is 1. The summed E-state index contributed by atoms with van der Waals surface area (Å²) in [5.41, 5.74) is 1.02. The maximum atomic E-state index is 11.9. The lowest BCUT2D eigenvalue weighted by Gasteiger charge is -2.14. The second-order valence-electron chi connectivity index (χ2n) is 5.37. The zero-order valence-corrected chi connectivity index (χ0v) is 15.2. The number of amides is 1. The fraction of sp³-hybridized carbons (Fsp3) is 0.333. The lowest BCUT2D eigenvalue weighted by molar-refractivity contribution is -0.156. The fourth-order valence-electron chi connectivity index (χ4n) is 2.05. The van der Waals surface area contributed by atoms with Gasteiger partial charge < -0.3 is 19.5 Å². The zero-order valence-electron chi connectivity index (χ0n) is 14.4. The molecule has 1 heterocycles. The number of esters is 1. The average molecular weight is 363 g/mol. The van der Waals surface area contributed by atoms with Crippen LogP contribution in [0.1, 0.15) is 17.4 Å². The van der Waals surface area contributed by atoms with Crippen molar-refractivity contribution in [1.29, 1.82) is 0 Å². The molecule has 25 heavy (non-hydrogen) atoms. The van der Waals surface area contributed by atoms with Gasteiger partial charge in [-0.25, -0.2) is 4.79 Å². The highest BCUT2D eigenvalue weighted by Gasteiger charge is 2.18. The number of hydrogen-bond donors (Lipinski definition) is 1. The van der Waals surface area contributed by atoms with E-state index in [1.54, 1.807) is 23.5 Å². The number of methoxy groups -OCH3 is 1. The second kappa shape index (κ2) is 9.08. The van der Waals surface area contributed by atoms with E-state index < -0.39 is 12.1 Å². The van der Waals surface area contributed by atoms with Crippen molar-refractivity contribution < 1.29 is 23.8 Å². The number of carbonyl (C=O) groups excluding carboxylic acids is 2. The first-order valence-electron chi connectivity index (χ1n) is 7.76. The van der Waals surface area contributed by atoms with Gasteiger partial charge in [-0.3, -0.25) is 4.79 Å². The number of hydrogen-bond acceptors (Lipinski definition) is 6. The van der Waals surface area contributed by atoms with Crippen molar-refractivity contribution in [3.8, 4) is 11.5 Å². The van der Waals surface area contributed by atoms with Crippen LogP contribution in [0, 0.1) is 6.92 Å². The van der Waals surface area contributed by atoms with Gasteiger partial charge in [0.25, 0.3) is 5.91 Å². The molecule has 0 aliphatic heterocycles. The van der Waals surface area contributed by atoms with E-state index in [0.29, 0.717) is 18.0 Å². The van der Waals surface area contributed by atoms with Gasteiger partial charge in [0.1, 0.15) is 0 Å². The number of nitrogens with one attached hydrogen (secondary N) is 1. The molecular weight excluding hydrogens is 342 g/mol. The Morgan fingerprint density at radius 1 is 1.24 bits per heavy atom. The molecule has 134 valence electrons. The van der Waals surface area contributed by atoms with E-state index in [-0.39, 0.29) is 12.5 Å². The van der Waals surface area contributed by atoms with E-state index in [2.05, 4.69) is 5.32 Å². The highest BCUT2D eigenvalue weighted by molar-refractivity contribution is 7.09. The van der Waals surface area contributed by atoms with Gasteiger partial charge in [-0.1, -0.05) is 12.1 Å². The van der Waals surface area contributed by atoms with Crippen LogP contribution in [-0.4, -0.2) is 31.7 Å². The first kappa shape index (κ1) is 18.8. The minimum atomic E-state index is -0.893. The van der Waals surface area contributed by atoms with Crippen molar-refractivity contribution in [2.45, 2.75) is 26.5 Å². The molecule has 6 nitrogen and oxygen atoms in total. The smallest absolute Gasteiger partial charge is 0.344 e. The molecule has 0 bridgehead atoms. The van der Waals surface area contributed by atoms with Crippen molar-refractivity contribution in [3.63, 3.8) is 0 Å². The van der Waals surface area contributed by atoms with Crippen LogP contribution in [0.2, 0.25) is 0 Å². The molecule has 0 fully saturated rings. The van der Waals surface area contributed by atoms with Crippen LogP contribution in [0.3, 0.4) is 0 Å². The molecule has 0 spiro atoms. The summed E-state index contributed by atoms with van der Waals surface area (Å²) in [6.45, 7) is 3.56. The average Bonchev–Trinajstić information content (AvgIpc) is 3.11. The first-order valence-corrected chi connectivity index (χ1v) is 8.64. The summed E-state index contributed by atoms with van der Waals surface area (Å²) in [4.78, 5) is 24.8. The predicted molar refractivity (Wildman–Crippen MR) is 94.9 cm³/mol. The van der Waals surface area contributed by atoms with Gasteiger partial charge >= 0.3 is 5.97 Å². The van der Waals surface area contributed by atoms with Crippen LogP contribution in [0.15, 0.2) is 35.7 Å². The Morgan fingerprint density at radius 2 is 2.04 bits per heavy atom. The van der Waals surface area contributed by atoms with Gasteiger partial charge in [0, 0.05) is 4.88 Å². The third kappa shape index (κ3) is 5.79. The van der Waals surface area contributed by atoms with Crippen LogP contribution in [0.25, 0.3) is 0 Å². The zero-order chi connectivity index (χ0) is 18.2. The Hall–Kier alpha value is -2.54. The van der Waals surface area contributed by atoms with Gasteiger partial charge in [0.2, 0.25) is 0 Å². The summed E-state index contributed by atoms with van der Waals surface area (Å²) in [6, 6.07) is 9.21. The topological polar surface area (TPSA) is 73.9 Å². The number of carbonyl (C=O) groups is 2. The molecule has 1 aromatic heterocycles. The van der Waals surface area contributed by atoms with E-state index in [0.717, 1.165) is 10.4 Å². The van der Waals surface area contributed by atoms with E-state index in [9.17, 15) is 9.59 Å². The number of ether oxygens (including phenoxy) is 3. The van der Waals surface area contributed by atoms with Crippen molar-refractivity contribution in [2.75, 3.05) is 13.7 Å². The largest absolute Gasteiger partial charge is 0.493 e. The van der Waals surface area contributed by atoms with Gasteiger partial charge in [-0.05, 0) is 43.0 Å². The Kier molecular flexibility index (Phi) is 6.82. The quantitative estimate of drug-likeness (QED) is 0.730. The number of aryl methyl sites for hydroxylation is 1. The normalized spacial score (nSPS) is 11.5. The summed E-state index contributed by atoms with van der Waals surface area (Å²) < 4.78 is 15.7. The fourth-order valence-corrected chi connectivity index (χ4v) is 2.69. The maximum Gasteiger partial charge on any atom is 0.344 e. The molecule has 2 rings (SSSR count). The third-order valence-corrected chi connectivity index (χ3v) is 4.24. The van der Waals surface area contributed by atoms with Crippen molar-refractivity contribution in [2.24, 2.45) is 0 Å². The minimum Gasteiger partial charge on any atom is -0.493 e. The summed E-state index contributed by atoms with van der Waals surface area (Å²) in [5.74, 6) is 0.00505. The summed E-state index contributed by atoms with van der Waals surface area (Å²) in [7, 11) is 1.53.